The summed E-state index contributed by atoms with van der Waals surface area (Å²) in [6.07, 6.45) is 27.4. The van der Waals surface area contributed by atoms with Crippen LogP contribution in [0.2, 0.25) is 0 Å². The molecule has 1 rings (SSSR count). The van der Waals surface area contributed by atoms with Gasteiger partial charge in [-0.2, -0.15) is 0 Å². The number of unbranched alkanes of at least 4 members (excludes halogenated alkanes) is 1. The van der Waals surface area contributed by atoms with Crippen LogP contribution in [-0.2, 0) is 4.79 Å². The Kier molecular flexibility index (Phi) is 12.3. The average Bonchev–Trinajstić information content (AvgIpc) is 3.08. The van der Waals surface area contributed by atoms with Gasteiger partial charge in [0.05, 0.1) is 0 Å². The standard InChI is InChI=1S/C25H39NO/c1-4-5-8-12-21(2)17-18-22(3)19-20-24-15-11-14-23(24)13-9-6-7-10-16-25(26)27/h4-6,8-9,12,19-20,22-24H,2,7,10-11,13-18H2,1,3H3,(H2,26,27)/b5-4-,9-6-,12-8-,20-19+/t22-,23-,24?/m0/s1. The van der Waals surface area contributed by atoms with Gasteiger partial charge in [0.1, 0.15) is 0 Å². The third kappa shape index (κ3) is 11.5. The van der Waals surface area contributed by atoms with E-state index in [1.807, 2.05) is 19.1 Å². The predicted octanol–water partition coefficient (Wildman–Crippen LogP) is 6.67. The van der Waals surface area contributed by atoms with Crippen molar-refractivity contribution < 1.29 is 4.79 Å². The Morgan fingerprint density at radius 2 is 2.04 bits per heavy atom. The van der Waals surface area contributed by atoms with Crippen molar-refractivity contribution in [2.75, 3.05) is 0 Å². The molecule has 0 saturated heterocycles. The summed E-state index contributed by atoms with van der Waals surface area (Å²) in [5.41, 5.74) is 6.37. The van der Waals surface area contributed by atoms with Crippen LogP contribution in [0.5, 0.6) is 0 Å². The highest BCUT2D eigenvalue weighted by Crippen LogP contribution is 2.35. The molecule has 3 atom stereocenters. The fourth-order valence-corrected chi connectivity index (χ4v) is 3.62. The molecular formula is C25H39NO. The minimum Gasteiger partial charge on any atom is -0.370 e. The zero-order chi connectivity index (χ0) is 19.9. The van der Waals surface area contributed by atoms with E-state index < -0.39 is 0 Å². The van der Waals surface area contributed by atoms with Crippen LogP contribution < -0.4 is 5.73 Å². The molecule has 1 amide bonds. The maximum Gasteiger partial charge on any atom is 0.217 e. The highest BCUT2D eigenvalue weighted by atomic mass is 16.1. The maximum atomic E-state index is 10.7. The van der Waals surface area contributed by atoms with E-state index in [0.29, 0.717) is 12.3 Å². The van der Waals surface area contributed by atoms with E-state index in [1.54, 1.807) is 0 Å². The molecule has 27 heavy (non-hydrogen) atoms. The Bertz CT molecular complexity index is 553. The first kappa shape index (κ1) is 23.2. The van der Waals surface area contributed by atoms with E-state index in [2.05, 4.69) is 50.0 Å². The molecule has 0 aromatic heterocycles. The zero-order valence-electron chi connectivity index (χ0n) is 17.4. The van der Waals surface area contributed by atoms with E-state index in [4.69, 9.17) is 5.73 Å². The summed E-state index contributed by atoms with van der Waals surface area (Å²) in [6.45, 7) is 8.47. The number of carbonyl (C=O) groups is 1. The zero-order valence-corrected chi connectivity index (χ0v) is 17.4. The summed E-state index contributed by atoms with van der Waals surface area (Å²) >= 11 is 0. The number of hydrogen-bond donors (Lipinski definition) is 1. The predicted molar refractivity (Wildman–Crippen MR) is 118 cm³/mol. The van der Waals surface area contributed by atoms with Crippen LogP contribution in [0, 0.1) is 17.8 Å². The summed E-state index contributed by atoms with van der Waals surface area (Å²) in [6, 6.07) is 0. The number of nitrogens with two attached hydrogens (primary N) is 1. The van der Waals surface area contributed by atoms with E-state index >= 15 is 0 Å². The van der Waals surface area contributed by atoms with Crippen molar-refractivity contribution in [2.45, 2.75) is 71.6 Å². The van der Waals surface area contributed by atoms with Gasteiger partial charge in [0.25, 0.3) is 0 Å². The van der Waals surface area contributed by atoms with Crippen molar-refractivity contribution >= 4 is 5.91 Å². The van der Waals surface area contributed by atoms with E-state index in [-0.39, 0.29) is 5.91 Å². The molecule has 0 radical (unpaired) electrons. The average molecular weight is 370 g/mol. The van der Waals surface area contributed by atoms with Crippen LogP contribution in [0.1, 0.15) is 71.6 Å². The van der Waals surface area contributed by atoms with Gasteiger partial charge in [0.15, 0.2) is 0 Å². The summed E-state index contributed by atoms with van der Waals surface area (Å²) in [5, 5.41) is 0. The smallest absolute Gasteiger partial charge is 0.217 e. The quantitative estimate of drug-likeness (QED) is 0.220. The summed E-state index contributed by atoms with van der Waals surface area (Å²) < 4.78 is 0. The molecule has 150 valence electrons. The lowest BCUT2D eigenvalue weighted by Gasteiger charge is -2.15. The number of amides is 1. The Balaban J connectivity index is 2.30. The lowest BCUT2D eigenvalue weighted by atomic mass is 9.90. The number of carbonyl (C=O) groups excluding carboxylic acids is 1. The van der Waals surface area contributed by atoms with Gasteiger partial charge in [0.2, 0.25) is 5.91 Å². The minimum absolute atomic E-state index is 0.198. The molecule has 2 heteroatoms. The first-order chi connectivity index (χ1) is 13.0. The molecule has 1 unspecified atom stereocenters. The SMILES string of the molecule is C=C(/C=C\C=C/C)CC[C@H](C)/C=C/C1CCC[C@@H]1C/C=C\CCCC(N)=O. The van der Waals surface area contributed by atoms with Gasteiger partial charge in [-0.3, -0.25) is 4.79 Å². The van der Waals surface area contributed by atoms with Crippen LogP contribution in [0.15, 0.2) is 60.8 Å². The molecule has 0 spiro atoms. The largest absolute Gasteiger partial charge is 0.370 e. The monoisotopic (exact) mass is 369 g/mol. The van der Waals surface area contributed by atoms with Crippen molar-refractivity contribution in [3.63, 3.8) is 0 Å². The van der Waals surface area contributed by atoms with E-state index in [9.17, 15) is 4.79 Å². The van der Waals surface area contributed by atoms with E-state index in [1.165, 1.54) is 24.8 Å². The molecule has 2 N–H and O–H groups in total. The van der Waals surface area contributed by atoms with Crippen LogP contribution >= 0.6 is 0 Å². The van der Waals surface area contributed by atoms with Crippen molar-refractivity contribution in [1.29, 1.82) is 0 Å². The lowest BCUT2D eigenvalue weighted by molar-refractivity contribution is -0.118. The van der Waals surface area contributed by atoms with Gasteiger partial charge in [-0.05, 0) is 69.6 Å². The fraction of sp³-hybridized carbons (Fsp3) is 0.560. The van der Waals surface area contributed by atoms with Crippen LogP contribution in [0.25, 0.3) is 0 Å². The highest BCUT2D eigenvalue weighted by Gasteiger charge is 2.23. The fourth-order valence-electron chi connectivity index (χ4n) is 3.62. The number of hydrogen-bond acceptors (Lipinski definition) is 1. The molecule has 1 aliphatic rings. The van der Waals surface area contributed by atoms with E-state index in [0.717, 1.165) is 43.9 Å². The molecule has 0 bridgehead atoms. The summed E-state index contributed by atoms with van der Waals surface area (Å²) in [4.78, 5) is 10.7. The van der Waals surface area contributed by atoms with Gasteiger partial charge >= 0.3 is 0 Å². The Morgan fingerprint density at radius 1 is 1.22 bits per heavy atom. The van der Waals surface area contributed by atoms with Gasteiger partial charge in [-0.1, -0.05) is 74.1 Å². The second-order valence-electron chi connectivity index (χ2n) is 7.86. The molecule has 2 nitrogen and oxygen atoms in total. The number of rotatable bonds is 13. The second kappa shape index (κ2) is 14.3. The first-order valence-corrected chi connectivity index (χ1v) is 10.6. The van der Waals surface area contributed by atoms with Crippen LogP contribution in [0.3, 0.4) is 0 Å². The summed E-state index contributed by atoms with van der Waals surface area (Å²) in [7, 11) is 0. The molecule has 1 saturated carbocycles. The van der Waals surface area contributed by atoms with Gasteiger partial charge in [-0.25, -0.2) is 0 Å². The van der Waals surface area contributed by atoms with Gasteiger partial charge in [0, 0.05) is 6.42 Å². The molecule has 0 aromatic rings. The van der Waals surface area contributed by atoms with Crippen LogP contribution in [0.4, 0.5) is 0 Å². The van der Waals surface area contributed by atoms with Crippen molar-refractivity contribution in [1.82, 2.24) is 0 Å². The third-order valence-corrected chi connectivity index (χ3v) is 5.36. The topological polar surface area (TPSA) is 43.1 Å². The van der Waals surface area contributed by atoms with Crippen molar-refractivity contribution in [3.8, 4) is 0 Å². The highest BCUT2D eigenvalue weighted by molar-refractivity contribution is 5.73. The molecule has 0 heterocycles. The molecule has 0 aliphatic heterocycles. The lowest BCUT2D eigenvalue weighted by Crippen LogP contribution is -2.09. The van der Waals surface area contributed by atoms with Gasteiger partial charge < -0.3 is 5.73 Å². The molecular weight excluding hydrogens is 330 g/mol. The molecule has 1 fully saturated rings. The van der Waals surface area contributed by atoms with Gasteiger partial charge in [-0.15, -0.1) is 0 Å². The third-order valence-electron chi connectivity index (χ3n) is 5.36. The summed E-state index contributed by atoms with van der Waals surface area (Å²) in [5.74, 6) is 1.90. The van der Waals surface area contributed by atoms with Crippen molar-refractivity contribution in [3.05, 3.63) is 60.8 Å². The molecule has 0 aromatic carbocycles. The first-order valence-electron chi connectivity index (χ1n) is 10.6. The maximum absolute atomic E-state index is 10.7. The number of allylic oxidation sites excluding steroid dienone is 9. The minimum atomic E-state index is -0.198. The second-order valence-corrected chi connectivity index (χ2v) is 7.86. The normalized spacial score (nSPS) is 21.9. The molecule has 1 aliphatic carbocycles. The Morgan fingerprint density at radius 3 is 2.78 bits per heavy atom. The Hall–Kier alpha value is -1.83. The van der Waals surface area contributed by atoms with Crippen molar-refractivity contribution in [2.24, 2.45) is 23.5 Å². The Labute approximate surface area is 167 Å². The van der Waals surface area contributed by atoms with Crippen LogP contribution in [-0.4, -0.2) is 5.91 Å². The number of primary amides is 1.